The van der Waals surface area contributed by atoms with E-state index in [1.54, 1.807) is 0 Å². The second-order valence-corrected chi connectivity index (χ2v) is 6.79. The molecule has 2 N–H and O–H groups in total. The largest absolute Gasteiger partial charge is 0.477 e. The summed E-state index contributed by atoms with van der Waals surface area (Å²) in [6.45, 7) is -0.141. The highest BCUT2D eigenvalue weighted by Gasteiger charge is 2.31. The quantitative estimate of drug-likeness (QED) is 0.720. The fourth-order valence-electron chi connectivity index (χ4n) is 2.08. The number of carboxylic acids is 1. The van der Waals surface area contributed by atoms with Crippen LogP contribution in [0.25, 0.3) is 0 Å². The highest BCUT2D eigenvalue weighted by molar-refractivity contribution is 7.92. The van der Waals surface area contributed by atoms with Crippen molar-refractivity contribution >= 4 is 15.8 Å². The van der Waals surface area contributed by atoms with Gasteiger partial charge in [-0.3, -0.25) is 14.3 Å². The number of hydrogen-bond acceptors (Lipinski definition) is 5. The van der Waals surface area contributed by atoms with Crippen LogP contribution in [0.1, 0.15) is 23.2 Å². The lowest BCUT2D eigenvalue weighted by Gasteiger charge is -2.11. The van der Waals surface area contributed by atoms with Crippen LogP contribution in [0.5, 0.6) is 0 Å². The highest BCUT2D eigenvalue weighted by Crippen LogP contribution is 2.20. The number of aromatic nitrogens is 2. The Hall–Kier alpha value is -1.90. The summed E-state index contributed by atoms with van der Waals surface area (Å²) in [6, 6.07) is 0. The van der Waals surface area contributed by atoms with Crippen molar-refractivity contribution in [1.29, 1.82) is 0 Å². The number of nitrogens with zero attached hydrogens (tertiary/aromatic N) is 1. The van der Waals surface area contributed by atoms with Gasteiger partial charge in [-0.05, 0) is 12.8 Å². The Morgan fingerprint density at radius 2 is 2.16 bits per heavy atom. The van der Waals surface area contributed by atoms with E-state index in [1.165, 1.54) is 0 Å². The highest BCUT2D eigenvalue weighted by atomic mass is 32.2. The van der Waals surface area contributed by atoms with Crippen molar-refractivity contribution in [2.45, 2.75) is 24.6 Å². The van der Waals surface area contributed by atoms with E-state index in [2.05, 4.69) is 0 Å². The topological polar surface area (TPSA) is 126 Å². The minimum absolute atomic E-state index is 0.0710. The van der Waals surface area contributed by atoms with E-state index in [0.29, 0.717) is 12.8 Å². The van der Waals surface area contributed by atoms with Crippen molar-refractivity contribution in [3.63, 3.8) is 0 Å². The summed E-state index contributed by atoms with van der Waals surface area (Å²) in [6.07, 6.45) is 1.84. The molecule has 1 aromatic rings. The van der Waals surface area contributed by atoms with Gasteiger partial charge in [-0.15, -0.1) is 0 Å². The lowest BCUT2D eigenvalue weighted by molar-refractivity contribution is 0.0693. The van der Waals surface area contributed by atoms with Crippen molar-refractivity contribution in [2.75, 3.05) is 5.75 Å². The summed E-state index contributed by atoms with van der Waals surface area (Å²) in [4.78, 5) is 35.4. The number of rotatable bonds is 3. The molecule has 1 saturated heterocycles. The van der Waals surface area contributed by atoms with Gasteiger partial charge in [0, 0.05) is 12.7 Å². The number of hydrogen-bond donors (Lipinski definition) is 2. The Morgan fingerprint density at radius 1 is 1.47 bits per heavy atom. The molecule has 1 unspecified atom stereocenters. The van der Waals surface area contributed by atoms with Crippen molar-refractivity contribution in [3.05, 3.63) is 32.6 Å². The lowest BCUT2D eigenvalue weighted by Crippen LogP contribution is -2.36. The van der Waals surface area contributed by atoms with E-state index >= 15 is 0 Å². The third kappa shape index (κ3) is 2.60. The molecule has 0 bridgehead atoms. The Labute approximate surface area is 107 Å². The van der Waals surface area contributed by atoms with E-state index in [0.717, 1.165) is 10.8 Å². The molecule has 0 aromatic carbocycles. The zero-order valence-electron chi connectivity index (χ0n) is 9.83. The summed E-state index contributed by atoms with van der Waals surface area (Å²) in [5, 5.41) is 8.08. The normalized spacial score (nSPS) is 21.4. The first-order valence-electron chi connectivity index (χ1n) is 5.60. The van der Waals surface area contributed by atoms with Crippen molar-refractivity contribution in [2.24, 2.45) is 0 Å². The second-order valence-electron chi connectivity index (χ2n) is 4.39. The molecule has 0 radical (unpaired) electrons. The van der Waals surface area contributed by atoms with Crippen LogP contribution in [0.3, 0.4) is 0 Å². The van der Waals surface area contributed by atoms with Gasteiger partial charge in [0.2, 0.25) is 0 Å². The van der Waals surface area contributed by atoms with Crippen LogP contribution >= 0.6 is 0 Å². The molecule has 0 spiro atoms. The molecule has 1 aliphatic rings. The zero-order chi connectivity index (χ0) is 14.2. The SMILES string of the molecule is O=C(O)c1cn(CC2CCCS2(=O)=O)c(=O)[nH]c1=O. The molecule has 0 amide bonds. The zero-order valence-corrected chi connectivity index (χ0v) is 10.6. The Bertz CT molecular complexity index is 729. The van der Waals surface area contributed by atoms with Gasteiger partial charge < -0.3 is 5.11 Å². The fourth-order valence-corrected chi connectivity index (χ4v) is 3.90. The molecule has 2 heterocycles. The smallest absolute Gasteiger partial charge is 0.342 e. The number of H-pyrrole nitrogens is 1. The standard InChI is InChI=1S/C10H12N2O6S/c13-8-7(9(14)15)5-12(10(16)11-8)4-6-2-1-3-19(6,17)18/h5-6H,1-4H2,(H,14,15)(H,11,13,16). The summed E-state index contributed by atoms with van der Waals surface area (Å²) < 4.78 is 24.2. The third-order valence-electron chi connectivity index (χ3n) is 3.10. The van der Waals surface area contributed by atoms with Gasteiger partial charge in [-0.2, -0.15) is 0 Å². The molecule has 104 valence electrons. The Balaban J connectivity index is 2.41. The summed E-state index contributed by atoms with van der Waals surface area (Å²) in [5.41, 5.74) is -2.39. The van der Waals surface area contributed by atoms with E-state index < -0.39 is 37.9 Å². The molecule has 2 rings (SSSR count). The lowest BCUT2D eigenvalue weighted by atomic mass is 10.2. The van der Waals surface area contributed by atoms with Gasteiger partial charge in [-0.1, -0.05) is 0 Å². The van der Waals surface area contributed by atoms with E-state index in [1.807, 2.05) is 4.98 Å². The molecule has 8 nitrogen and oxygen atoms in total. The molecule has 1 fully saturated rings. The van der Waals surface area contributed by atoms with E-state index in [4.69, 9.17) is 5.11 Å². The number of carboxylic acid groups (broad SMARTS) is 1. The molecule has 9 heteroatoms. The predicted molar refractivity (Wildman–Crippen MR) is 65.1 cm³/mol. The first-order chi connectivity index (χ1) is 8.81. The Kier molecular flexibility index (Phi) is 3.31. The Morgan fingerprint density at radius 3 is 2.68 bits per heavy atom. The monoisotopic (exact) mass is 288 g/mol. The van der Waals surface area contributed by atoms with Crippen LogP contribution in [0.4, 0.5) is 0 Å². The van der Waals surface area contributed by atoms with Crippen LogP contribution in [-0.2, 0) is 16.4 Å². The molecular weight excluding hydrogens is 276 g/mol. The minimum atomic E-state index is -3.24. The van der Waals surface area contributed by atoms with Crippen LogP contribution in [-0.4, -0.2) is 40.0 Å². The number of aromatic carboxylic acids is 1. The maximum Gasteiger partial charge on any atom is 0.342 e. The maximum atomic E-state index is 11.7. The molecule has 0 saturated carbocycles. The number of nitrogens with one attached hydrogen (secondary N) is 1. The van der Waals surface area contributed by atoms with Gasteiger partial charge in [-0.25, -0.2) is 18.0 Å². The molecular formula is C10H12N2O6S. The molecule has 19 heavy (non-hydrogen) atoms. The van der Waals surface area contributed by atoms with Crippen LogP contribution in [0, 0.1) is 0 Å². The van der Waals surface area contributed by atoms with Crippen molar-refractivity contribution in [1.82, 2.24) is 9.55 Å². The maximum absolute atomic E-state index is 11.7. The summed E-state index contributed by atoms with van der Waals surface area (Å²) >= 11 is 0. The first kappa shape index (κ1) is 13.5. The molecule has 1 aliphatic heterocycles. The number of aromatic amines is 1. The van der Waals surface area contributed by atoms with Gasteiger partial charge in [0.1, 0.15) is 5.56 Å². The molecule has 1 aromatic heterocycles. The van der Waals surface area contributed by atoms with Gasteiger partial charge in [0.25, 0.3) is 5.56 Å². The third-order valence-corrected chi connectivity index (χ3v) is 5.36. The van der Waals surface area contributed by atoms with Crippen molar-refractivity contribution in [3.8, 4) is 0 Å². The average Bonchev–Trinajstić information content (AvgIpc) is 2.61. The summed E-state index contributed by atoms with van der Waals surface area (Å²) in [5.74, 6) is -1.40. The minimum Gasteiger partial charge on any atom is -0.477 e. The first-order valence-corrected chi connectivity index (χ1v) is 7.31. The van der Waals surface area contributed by atoms with Crippen LogP contribution in [0.15, 0.2) is 15.8 Å². The van der Waals surface area contributed by atoms with E-state index in [-0.39, 0.29) is 12.3 Å². The second kappa shape index (κ2) is 4.65. The van der Waals surface area contributed by atoms with Gasteiger partial charge >= 0.3 is 11.7 Å². The van der Waals surface area contributed by atoms with Crippen LogP contribution in [0.2, 0.25) is 0 Å². The average molecular weight is 288 g/mol. The number of sulfone groups is 1. The van der Waals surface area contributed by atoms with E-state index in [9.17, 15) is 22.8 Å². The van der Waals surface area contributed by atoms with Crippen LogP contribution < -0.4 is 11.2 Å². The predicted octanol–water partition coefficient (Wildman–Crippen LogP) is -1.19. The van der Waals surface area contributed by atoms with Crippen molar-refractivity contribution < 1.29 is 18.3 Å². The molecule has 0 aliphatic carbocycles. The molecule has 1 atom stereocenters. The number of carbonyl (C=O) groups is 1. The fraction of sp³-hybridized carbons (Fsp3) is 0.500. The van der Waals surface area contributed by atoms with Gasteiger partial charge in [0.15, 0.2) is 9.84 Å². The summed E-state index contributed by atoms with van der Waals surface area (Å²) in [7, 11) is -3.24. The van der Waals surface area contributed by atoms with Gasteiger partial charge in [0.05, 0.1) is 11.0 Å².